The highest BCUT2D eigenvalue weighted by Gasteiger charge is 2.15. The minimum atomic E-state index is -0.441. The molecule has 0 bridgehead atoms. The van der Waals surface area contributed by atoms with Crippen molar-refractivity contribution in [2.45, 2.75) is 45.3 Å². The Bertz CT molecular complexity index is 1110. The summed E-state index contributed by atoms with van der Waals surface area (Å²) in [5.74, 6) is 1.13. The number of fused-ring (bicyclic) bond motifs is 1. The average molecular weight is 473 g/mol. The summed E-state index contributed by atoms with van der Waals surface area (Å²) in [6.45, 7) is 1.54. The molecule has 1 amide bonds. The Hall–Kier alpha value is -2.75. The quantitative estimate of drug-likeness (QED) is 0.483. The molecule has 1 fully saturated rings. The van der Waals surface area contributed by atoms with Crippen LogP contribution in [-0.4, -0.2) is 36.6 Å². The van der Waals surface area contributed by atoms with Crippen LogP contribution >= 0.6 is 11.3 Å². The number of H-pyrrole nitrogens is 1. The fourth-order valence-corrected chi connectivity index (χ4v) is 4.77. The molecule has 3 aromatic rings. The maximum Gasteiger partial charge on any atom is 0.287 e. The van der Waals surface area contributed by atoms with Crippen LogP contribution in [-0.2, 0) is 17.9 Å². The molecule has 178 valence electrons. The number of nitrogens with two attached hydrogens (primary N) is 1. The lowest BCUT2D eigenvalue weighted by Gasteiger charge is -2.18. The average Bonchev–Trinajstić information content (AvgIpc) is 3.27. The number of methoxy groups -OCH3 is 2. The van der Waals surface area contributed by atoms with Crippen molar-refractivity contribution in [2.24, 2.45) is 11.7 Å². The number of amides is 1. The van der Waals surface area contributed by atoms with Gasteiger partial charge in [0, 0.05) is 19.2 Å². The number of carbonyl (C=O) groups excluding carboxylic acids is 1. The van der Waals surface area contributed by atoms with Crippen LogP contribution < -0.4 is 21.3 Å². The number of nitrogens with one attached hydrogen (secondary N) is 2. The van der Waals surface area contributed by atoms with Gasteiger partial charge in [-0.25, -0.2) is 4.98 Å². The summed E-state index contributed by atoms with van der Waals surface area (Å²) in [5, 5.41) is 5.03. The van der Waals surface area contributed by atoms with E-state index < -0.39 is 5.91 Å². The molecule has 1 saturated carbocycles. The van der Waals surface area contributed by atoms with Crippen molar-refractivity contribution in [1.29, 1.82) is 0 Å². The summed E-state index contributed by atoms with van der Waals surface area (Å²) in [6.07, 6.45) is 7.05. The molecular formula is C24H32N4O4S. The van der Waals surface area contributed by atoms with E-state index >= 15 is 0 Å². The number of rotatable bonds is 7. The fourth-order valence-electron chi connectivity index (χ4n) is 3.85. The predicted molar refractivity (Wildman–Crippen MR) is 131 cm³/mol. The van der Waals surface area contributed by atoms with Crippen LogP contribution in [0.1, 0.15) is 53.8 Å². The van der Waals surface area contributed by atoms with Crippen LogP contribution in [0.4, 0.5) is 0 Å². The lowest BCUT2D eigenvalue weighted by molar-refractivity contribution is 0.0940. The number of benzene rings is 1. The highest BCUT2D eigenvalue weighted by atomic mass is 32.1. The first-order valence-electron chi connectivity index (χ1n) is 11.2. The smallest absolute Gasteiger partial charge is 0.287 e. The van der Waals surface area contributed by atoms with Crippen LogP contribution in [0.15, 0.2) is 34.4 Å². The number of hydrogen-bond acceptors (Lipinski definition) is 7. The summed E-state index contributed by atoms with van der Waals surface area (Å²) in [7, 11) is 3.14. The van der Waals surface area contributed by atoms with Crippen molar-refractivity contribution in [3.8, 4) is 5.75 Å². The maximum atomic E-state index is 12.3. The Kier molecular flexibility index (Phi) is 9.41. The van der Waals surface area contributed by atoms with Gasteiger partial charge in [0.1, 0.15) is 10.6 Å². The molecule has 9 heteroatoms. The second-order valence-electron chi connectivity index (χ2n) is 8.06. The van der Waals surface area contributed by atoms with Crippen molar-refractivity contribution in [1.82, 2.24) is 15.3 Å². The van der Waals surface area contributed by atoms with Gasteiger partial charge in [0.15, 0.2) is 0 Å². The van der Waals surface area contributed by atoms with E-state index in [2.05, 4.69) is 15.3 Å². The van der Waals surface area contributed by atoms with Gasteiger partial charge in [-0.05, 0) is 48.4 Å². The molecule has 33 heavy (non-hydrogen) atoms. The molecule has 4 N–H and O–H groups in total. The van der Waals surface area contributed by atoms with E-state index in [0.29, 0.717) is 29.1 Å². The zero-order chi connectivity index (χ0) is 23.6. The van der Waals surface area contributed by atoms with E-state index in [4.69, 9.17) is 15.2 Å². The number of nitrogens with zero attached hydrogens (tertiary/aromatic N) is 1. The zero-order valence-electron chi connectivity index (χ0n) is 19.2. The number of ether oxygens (including phenoxy) is 2. The third-order valence-corrected chi connectivity index (χ3v) is 6.60. The molecule has 0 spiro atoms. The van der Waals surface area contributed by atoms with E-state index in [1.165, 1.54) is 43.4 Å². The minimum absolute atomic E-state index is 0.00814. The highest BCUT2D eigenvalue weighted by Crippen LogP contribution is 2.22. The second kappa shape index (κ2) is 12.5. The van der Waals surface area contributed by atoms with Gasteiger partial charge >= 0.3 is 0 Å². The summed E-state index contributed by atoms with van der Waals surface area (Å²) >= 11 is 1.31. The van der Waals surface area contributed by atoms with Crippen LogP contribution in [0.25, 0.3) is 10.2 Å². The Morgan fingerprint density at radius 2 is 2.06 bits per heavy atom. The van der Waals surface area contributed by atoms with Crippen LogP contribution in [0.2, 0.25) is 0 Å². The van der Waals surface area contributed by atoms with E-state index in [1.54, 1.807) is 14.2 Å². The van der Waals surface area contributed by atoms with E-state index in [9.17, 15) is 9.59 Å². The third kappa shape index (κ3) is 6.86. The van der Waals surface area contributed by atoms with E-state index in [-0.39, 0.29) is 11.4 Å². The Morgan fingerprint density at radius 3 is 2.73 bits per heavy atom. The summed E-state index contributed by atoms with van der Waals surface area (Å²) < 4.78 is 10.2. The Balaban J connectivity index is 0.000000323. The number of carbonyl (C=O) groups is 1. The molecule has 2 aromatic heterocycles. The van der Waals surface area contributed by atoms with Gasteiger partial charge in [-0.2, -0.15) is 0 Å². The lowest BCUT2D eigenvalue weighted by Crippen LogP contribution is -2.27. The molecular weight excluding hydrogens is 440 g/mol. The molecule has 0 saturated heterocycles. The zero-order valence-corrected chi connectivity index (χ0v) is 20.0. The lowest BCUT2D eigenvalue weighted by atomic mass is 9.90. The number of aromatic amines is 1. The summed E-state index contributed by atoms with van der Waals surface area (Å²) in [4.78, 5) is 31.9. The molecule has 0 unspecified atom stereocenters. The highest BCUT2D eigenvalue weighted by molar-refractivity contribution is 7.16. The number of hydrogen-bond donors (Lipinski definition) is 3. The molecule has 0 atom stereocenters. The van der Waals surface area contributed by atoms with Gasteiger partial charge < -0.3 is 25.5 Å². The first kappa shape index (κ1) is 24.9. The SMILES string of the molecule is COCc1csc2nc(C(=O)NCc3cccc(OC)c3)[nH]c(=O)c12.NCC1CCCCC1. The van der Waals surface area contributed by atoms with Gasteiger partial charge in [-0.3, -0.25) is 9.59 Å². The van der Waals surface area contributed by atoms with Crippen molar-refractivity contribution < 1.29 is 14.3 Å². The van der Waals surface area contributed by atoms with Crippen LogP contribution in [0, 0.1) is 5.92 Å². The predicted octanol–water partition coefficient (Wildman–Crippen LogP) is 3.60. The van der Waals surface area contributed by atoms with Gasteiger partial charge in [0.05, 0.1) is 19.1 Å². The molecule has 1 aliphatic carbocycles. The van der Waals surface area contributed by atoms with Crippen molar-refractivity contribution in [3.63, 3.8) is 0 Å². The van der Waals surface area contributed by atoms with Crippen LogP contribution in [0.5, 0.6) is 5.75 Å². The van der Waals surface area contributed by atoms with Crippen LogP contribution in [0.3, 0.4) is 0 Å². The molecule has 1 aromatic carbocycles. The first-order chi connectivity index (χ1) is 16.0. The monoisotopic (exact) mass is 472 g/mol. The summed E-state index contributed by atoms with van der Waals surface area (Å²) in [6, 6.07) is 7.37. The van der Waals surface area contributed by atoms with E-state index in [0.717, 1.165) is 23.6 Å². The molecule has 0 aliphatic heterocycles. The molecule has 4 rings (SSSR count). The molecule has 1 aliphatic rings. The van der Waals surface area contributed by atoms with Gasteiger partial charge in [0.2, 0.25) is 5.82 Å². The Labute approximate surface area is 197 Å². The van der Waals surface area contributed by atoms with Gasteiger partial charge in [-0.15, -0.1) is 11.3 Å². The number of thiophene rings is 1. The second-order valence-corrected chi connectivity index (χ2v) is 8.92. The topological polar surface area (TPSA) is 119 Å². The Morgan fingerprint density at radius 1 is 1.27 bits per heavy atom. The standard InChI is InChI=1S/C17H17N3O4S.C7H15N/c1-23-8-11-9-25-17-13(11)15(21)19-14(20-17)16(22)18-7-10-4-3-5-12(6-10)24-2;8-6-7-4-2-1-3-5-7/h3-6,9H,7-8H2,1-2H3,(H,18,22)(H,19,20,21);7H,1-6,8H2. The van der Waals surface area contributed by atoms with Gasteiger partial charge in [-0.1, -0.05) is 31.4 Å². The van der Waals surface area contributed by atoms with Crippen molar-refractivity contribution in [2.75, 3.05) is 20.8 Å². The fraction of sp³-hybridized carbons (Fsp3) is 0.458. The van der Waals surface area contributed by atoms with Crippen molar-refractivity contribution in [3.05, 3.63) is 57.0 Å². The van der Waals surface area contributed by atoms with E-state index in [1.807, 2.05) is 29.6 Å². The maximum absolute atomic E-state index is 12.3. The minimum Gasteiger partial charge on any atom is -0.497 e. The molecule has 2 heterocycles. The normalized spacial score (nSPS) is 13.9. The first-order valence-corrected chi connectivity index (χ1v) is 12.0. The largest absolute Gasteiger partial charge is 0.497 e. The summed E-state index contributed by atoms with van der Waals surface area (Å²) in [5.41, 5.74) is 6.81. The third-order valence-electron chi connectivity index (χ3n) is 5.68. The van der Waals surface area contributed by atoms with Crippen molar-refractivity contribution >= 4 is 27.5 Å². The molecule has 8 nitrogen and oxygen atoms in total. The molecule has 0 radical (unpaired) electrons. The van der Waals surface area contributed by atoms with Gasteiger partial charge in [0.25, 0.3) is 11.5 Å². The number of aromatic nitrogens is 2.